The molecule has 1 aromatic carbocycles. The number of aromatic nitrogens is 5. The standard InChI is InChI=1S/C32H28ClF4N7O5/c1-17-26-25(31(49-17)9-11-42(15-23(31)34)28(46)22-4-2-3-10-38-22)29(47)44-30(40-27(41-44)18-7-12-48-13-8-18)43(26)16-24(45)39-21-6-5-19(14-20(21)33)32(35,36)37/h2-7,10,14,17,23H,8-9,11-13,15-16H2,1H3,(H,39,45). The van der Waals surface area contributed by atoms with Gasteiger partial charge in [0, 0.05) is 19.2 Å². The third-order valence-electron chi connectivity index (χ3n) is 8.91. The van der Waals surface area contributed by atoms with Crippen molar-refractivity contribution in [2.45, 2.75) is 50.4 Å². The van der Waals surface area contributed by atoms with E-state index in [0.29, 0.717) is 31.3 Å². The van der Waals surface area contributed by atoms with Crippen molar-refractivity contribution in [2.24, 2.45) is 0 Å². The van der Waals surface area contributed by atoms with Gasteiger partial charge in [-0.1, -0.05) is 23.7 Å². The molecule has 256 valence electrons. The highest BCUT2D eigenvalue weighted by Crippen LogP contribution is 2.49. The number of fused-ring (bicyclic) bond motifs is 3. The maximum atomic E-state index is 16.5. The monoisotopic (exact) mass is 701 g/mol. The smallest absolute Gasteiger partial charge is 0.377 e. The predicted octanol–water partition coefficient (Wildman–Crippen LogP) is 4.57. The van der Waals surface area contributed by atoms with Crippen LogP contribution in [0.15, 0.2) is 53.5 Å². The number of amides is 2. The van der Waals surface area contributed by atoms with Crippen molar-refractivity contribution in [2.75, 3.05) is 31.6 Å². The largest absolute Gasteiger partial charge is 0.416 e. The second-order valence-electron chi connectivity index (χ2n) is 11.9. The zero-order valence-corrected chi connectivity index (χ0v) is 26.6. The van der Waals surface area contributed by atoms with Crippen molar-refractivity contribution in [3.05, 3.63) is 92.4 Å². The predicted molar refractivity (Wildman–Crippen MR) is 167 cm³/mol. The highest BCUT2D eigenvalue weighted by atomic mass is 35.5. The van der Waals surface area contributed by atoms with E-state index in [4.69, 9.17) is 21.1 Å². The maximum Gasteiger partial charge on any atom is 0.416 e. The first-order valence-corrected chi connectivity index (χ1v) is 15.7. The molecule has 0 aliphatic carbocycles. The van der Waals surface area contributed by atoms with E-state index in [1.807, 2.05) is 0 Å². The van der Waals surface area contributed by atoms with Crippen LogP contribution in [0.25, 0.3) is 11.4 Å². The van der Waals surface area contributed by atoms with Crippen LogP contribution in [0.3, 0.4) is 0 Å². The third-order valence-corrected chi connectivity index (χ3v) is 9.23. The average Bonchev–Trinajstić information content (AvgIpc) is 3.66. The first-order chi connectivity index (χ1) is 23.4. The van der Waals surface area contributed by atoms with Crippen LogP contribution in [0.1, 0.15) is 59.0 Å². The lowest BCUT2D eigenvalue weighted by atomic mass is 9.83. The Kier molecular flexibility index (Phi) is 8.27. The Bertz CT molecular complexity index is 2070. The van der Waals surface area contributed by atoms with Gasteiger partial charge in [-0.25, -0.2) is 4.39 Å². The van der Waals surface area contributed by atoms with Crippen molar-refractivity contribution < 1.29 is 36.6 Å². The topological polar surface area (TPSA) is 133 Å². The van der Waals surface area contributed by atoms with E-state index in [2.05, 4.69) is 20.4 Å². The molecule has 0 saturated carbocycles. The lowest BCUT2D eigenvalue weighted by Gasteiger charge is -2.41. The van der Waals surface area contributed by atoms with E-state index in [-0.39, 0.29) is 58.8 Å². The molecule has 3 aliphatic rings. The van der Waals surface area contributed by atoms with Gasteiger partial charge < -0.3 is 24.3 Å². The molecule has 6 heterocycles. The molecule has 0 radical (unpaired) electrons. The SMILES string of the molecule is CC1OC2(CCN(C(=O)c3ccccn3)CC2F)c2c1n(CC(=O)Nc1ccc(C(F)(F)F)cc1Cl)c1nc(C3=CCOCC3)nn1c2=O. The van der Waals surface area contributed by atoms with Crippen LogP contribution >= 0.6 is 11.6 Å². The number of alkyl halides is 4. The Labute approximate surface area is 280 Å². The fourth-order valence-electron chi connectivity index (χ4n) is 6.61. The summed E-state index contributed by atoms with van der Waals surface area (Å²) in [5.41, 5.74) is -2.52. The molecule has 1 N–H and O–H groups in total. The molecule has 3 unspecified atom stereocenters. The van der Waals surface area contributed by atoms with Crippen molar-refractivity contribution in [3.8, 4) is 0 Å². The van der Waals surface area contributed by atoms with Gasteiger partial charge in [-0.3, -0.25) is 19.4 Å². The van der Waals surface area contributed by atoms with Crippen molar-refractivity contribution >= 4 is 40.5 Å². The lowest BCUT2D eigenvalue weighted by Crippen LogP contribution is -2.55. The molecule has 12 nitrogen and oxygen atoms in total. The average molecular weight is 702 g/mol. The Balaban J connectivity index is 1.29. The quantitative estimate of drug-likeness (QED) is 0.300. The molecule has 17 heteroatoms. The van der Waals surface area contributed by atoms with Gasteiger partial charge in [0.05, 0.1) is 53.4 Å². The molecular formula is C32H28ClF4N7O5. The highest BCUT2D eigenvalue weighted by molar-refractivity contribution is 6.33. The van der Waals surface area contributed by atoms with E-state index in [1.165, 1.54) is 21.7 Å². The summed E-state index contributed by atoms with van der Waals surface area (Å²) in [5.74, 6) is -0.990. The first-order valence-electron chi connectivity index (χ1n) is 15.4. The second kappa shape index (κ2) is 12.3. The number of nitrogens with zero attached hydrogens (tertiary/aromatic N) is 6. The van der Waals surface area contributed by atoms with Crippen LogP contribution in [0.4, 0.5) is 23.2 Å². The third kappa shape index (κ3) is 5.76. The summed E-state index contributed by atoms with van der Waals surface area (Å²) in [7, 11) is 0. The van der Waals surface area contributed by atoms with Gasteiger partial charge in [0.25, 0.3) is 11.5 Å². The van der Waals surface area contributed by atoms with E-state index in [0.717, 1.165) is 16.6 Å². The van der Waals surface area contributed by atoms with Crippen LogP contribution in [-0.2, 0) is 32.6 Å². The summed E-state index contributed by atoms with van der Waals surface area (Å²) in [6.45, 7) is 1.48. The lowest BCUT2D eigenvalue weighted by molar-refractivity contribution is -0.143. The number of hydrogen-bond donors (Lipinski definition) is 1. The summed E-state index contributed by atoms with van der Waals surface area (Å²) in [6.07, 6.45) is -3.77. The number of rotatable bonds is 5. The molecule has 1 saturated heterocycles. The molecule has 49 heavy (non-hydrogen) atoms. The van der Waals surface area contributed by atoms with Gasteiger partial charge in [-0.2, -0.15) is 22.7 Å². The molecule has 3 aliphatic heterocycles. The number of anilines is 1. The number of halogens is 5. The Morgan fingerprint density at radius 1 is 1.20 bits per heavy atom. The molecule has 7 rings (SSSR count). The maximum absolute atomic E-state index is 16.5. The number of likely N-dealkylation sites (tertiary alicyclic amines) is 1. The summed E-state index contributed by atoms with van der Waals surface area (Å²) < 4.78 is 70.1. The van der Waals surface area contributed by atoms with Crippen LogP contribution in [0, 0.1) is 0 Å². The van der Waals surface area contributed by atoms with Crippen LogP contribution < -0.4 is 10.9 Å². The summed E-state index contributed by atoms with van der Waals surface area (Å²) in [4.78, 5) is 50.9. The zero-order chi connectivity index (χ0) is 34.7. The van der Waals surface area contributed by atoms with E-state index in [1.54, 1.807) is 25.1 Å². The Hall–Kier alpha value is -4.67. The molecule has 2 amide bonds. The van der Waals surface area contributed by atoms with E-state index >= 15 is 4.39 Å². The first kappa shape index (κ1) is 32.9. The summed E-state index contributed by atoms with van der Waals surface area (Å²) >= 11 is 6.09. The molecule has 4 aromatic rings. The number of pyridine rings is 1. The van der Waals surface area contributed by atoms with Gasteiger partial charge in [0.1, 0.15) is 17.8 Å². The molecule has 3 aromatic heterocycles. The number of piperidine rings is 1. The van der Waals surface area contributed by atoms with E-state index < -0.39 is 53.5 Å². The number of benzene rings is 1. The van der Waals surface area contributed by atoms with Gasteiger partial charge in [-0.15, -0.1) is 5.10 Å². The van der Waals surface area contributed by atoms with E-state index in [9.17, 15) is 27.6 Å². The molecular weight excluding hydrogens is 674 g/mol. The second-order valence-corrected chi connectivity index (χ2v) is 12.3. The number of nitrogens with one attached hydrogen (secondary N) is 1. The van der Waals surface area contributed by atoms with Crippen LogP contribution in [0.2, 0.25) is 5.02 Å². The number of carbonyl (C=O) groups excluding carboxylic acids is 2. The minimum atomic E-state index is -4.64. The minimum Gasteiger partial charge on any atom is -0.377 e. The van der Waals surface area contributed by atoms with Gasteiger partial charge >= 0.3 is 6.18 Å². The fourth-order valence-corrected chi connectivity index (χ4v) is 6.84. The zero-order valence-electron chi connectivity index (χ0n) is 25.8. The Morgan fingerprint density at radius 3 is 2.69 bits per heavy atom. The van der Waals surface area contributed by atoms with Crippen molar-refractivity contribution in [1.82, 2.24) is 29.0 Å². The molecule has 1 fully saturated rings. The number of ether oxygens (including phenoxy) is 2. The van der Waals surface area contributed by atoms with Gasteiger partial charge in [-0.05, 0) is 49.2 Å². The number of carbonyl (C=O) groups is 2. The molecule has 1 spiro atoms. The Morgan fingerprint density at radius 2 is 2.02 bits per heavy atom. The number of hydrogen-bond acceptors (Lipinski definition) is 8. The van der Waals surface area contributed by atoms with Gasteiger partial charge in [0.15, 0.2) is 12.0 Å². The minimum absolute atomic E-state index is 0.0227. The van der Waals surface area contributed by atoms with Crippen LogP contribution in [0.5, 0.6) is 0 Å². The van der Waals surface area contributed by atoms with Crippen molar-refractivity contribution in [1.29, 1.82) is 0 Å². The fraction of sp³-hybridized carbons (Fsp3) is 0.375. The summed E-state index contributed by atoms with van der Waals surface area (Å²) in [6, 6.07) is 7.35. The summed E-state index contributed by atoms with van der Waals surface area (Å²) in [5, 5.41) is 6.64. The molecule has 0 bridgehead atoms. The van der Waals surface area contributed by atoms with Crippen molar-refractivity contribution in [3.63, 3.8) is 0 Å². The highest BCUT2D eigenvalue weighted by Gasteiger charge is 2.56. The van der Waals surface area contributed by atoms with Crippen LogP contribution in [-0.4, -0.2) is 73.3 Å². The molecule has 3 atom stereocenters. The normalized spacial score (nSPS) is 22.3. The van der Waals surface area contributed by atoms with Gasteiger partial charge in [0.2, 0.25) is 11.7 Å².